The average Bonchev–Trinajstić information content (AvgIpc) is 3.42. The Hall–Kier alpha value is -2.07. The average molecular weight is 336 g/mol. The number of halogens is 1. The molecule has 1 aromatic carbocycles. The lowest BCUT2D eigenvalue weighted by Gasteiger charge is -1.97. The van der Waals surface area contributed by atoms with Crippen LogP contribution in [0.15, 0.2) is 48.7 Å². The highest BCUT2D eigenvalue weighted by Gasteiger charge is 2.30. The third-order valence-electron chi connectivity index (χ3n) is 3.00. The first kappa shape index (κ1) is 19.0. The van der Waals surface area contributed by atoms with Crippen LogP contribution in [0.2, 0.25) is 5.15 Å². The van der Waals surface area contributed by atoms with Gasteiger partial charge < -0.3 is 9.47 Å². The molecule has 0 unspecified atom stereocenters. The summed E-state index contributed by atoms with van der Waals surface area (Å²) in [7, 11) is 3.10. The normalized spacial score (nSPS) is 12.0. The summed E-state index contributed by atoms with van der Waals surface area (Å²) in [6, 6.07) is 13.4. The summed E-state index contributed by atoms with van der Waals surface area (Å²) in [6.45, 7) is 2.06. The fourth-order valence-corrected chi connectivity index (χ4v) is 1.63. The second-order valence-corrected chi connectivity index (χ2v) is 5.35. The van der Waals surface area contributed by atoms with Gasteiger partial charge in [-0.2, -0.15) is 0 Å². The number of aryl methyl sites for hydroxylation is 1. The van der Waals surface area contributed by atoms with Gasteiger partial charge in [0.2, 0.25) is 0 Å². The van der Waals surface area contributed by atoms with E-state index in [4.69, 9.17) is 16.3 Å². The Morgan fingerprint density at radius 1 is 1.13 bits per heavy atom. The summed E-state index contributed by atoms with van der Waals surface area (Å²) < 4.78 is 9.40. The van der Waals surface area contributed by atoms with Crippen molar-refractivity contribution in [1.82, 2.24) is 4.98 Å². The van der Waals surface area contributed by atoms with Gasteiger partial charge in [-0.25, -0.2) is 4.98 Å². The highest BCUT2D eigenvalue weighted by Crippen LogP contribution is 2.29. The third kappa shape index (κ3) is 8.83. The summed E-state index contributed by atoms with van der Waals surface area (Å²) in [5, 5.41) is 0.544. The van der Waals surface area contributed by atoms with E-state index in [0.717, 1.165) is 18.6 Å². The molecule has 0 radical (unpaired) electrons. The minimum absolute atomic E-state index is 0.0417. The molecule has 1 fully saturated rings. The number of rotatable bonds is 2. The first-order chi connectivity index (χ1) is 11.1. The van der Waals surface area contributed by atoms with E-state index < -0.39 is 0 Å². The van der Waals surface area contributed by atoms with Crippen molar-refractivity contribution in [3.8, 4) is 5.75 Å². The van der Waals surface area contributed by atoms with Crippen molar-refractivity contribution in [2.75, 3.05) is 14.2 Å². The maximum atomic E-state index is 10.4. The van der Waals surface area contributed by atoms with Crippen LogP contribution in [0.25, 0.3) is 0 Å². The van der Waals surface area contributed by atoms with E-state index in [1.165, 1.54) is 12.7 Å². The summed E-state index contributed by atoms with van der Waals surface area (Å²) >= 11 is 5.43. The van der Waals surface area contributed by atoms with Gasteiger partial charge in [0.15, 0.2) is 0 Å². The molecule has 0 aliphatic heterocycles. The number of aromatic nitrogens is 1. The number of carbonyl (C=O) groups is 1. The van der Waals surface area contributed by atoms with E-state index >= 15 is 0 Å². The van der Waals surface area contributed by atoms with Crippen LogP contribution in [-0.2, 0) is 9.53 Å². The molecule has 23 heavy (non-hydrogen) atoms. The van der Waals surface area contributed by atoms with Crippen LogP contribution in [0, 0.1) is 12.8 Å². The Balaban J connectivity index is 0.000000175. The molecule has 0 N–H and O–H groups in total. The largest absolute Gasteiger partial charge is 0.497 e. The van der Waals surface area contributed by atoms with Crippen molar-refractivity contribution < 1.29 is 14.3 Å². The molecule has 1 saturated carbocycles. The molecule has 1 aliphatic rings. The van der Waals surface area contributed by atoms with Gasteiger partial charge in [-0.3, -0.25) is 4.79 Å². The smallest absolute Gasteiger partial charge is 0.308 e. The molecule has 1 heterocycles. The van der Waals surface area contributed by atoms with Crippen LogP contribution in [0.3, 0.4) is 0 Å². The van der Waals surface area contributed by atoms with Crippen LogP contribution in [0.4, 0.5) is 0 Å². The minimum Gasteiger partial charge on any atom is -0.497 e. The molecule has 1 aliphatic carbocycles. The van der Waals surface area contributed by atoms with Crippen molar-refractivity contribution in [1.29, 1.82) is 0 Å². The summed E-state index contributed by atoms with van der Waals surface area (Å²) in [6.07, 6.45) is 3.72. The van der Waals surface area contributed by atoms with Gasteiger partial charge in [0, 0.05) is 6.20 Å². The molecule has 124 valence electrons. The van der Waals surface area contributed by atoms with E-state index in [1.807, 2.05) is 36.4 Å². The van der Waals surface area contributed by atoms with Crippen LogP contribution in [-0.4, -0.2) is 25.2 Å². The monoisotopic (exact) mass is 335 g/mol. The van der Waals surface area contributed by atoms with Crippen LogP contribution in [0.5, 0.6) is 5.75 Å². The second kappa shape index (κ2) is 10.6. The lowest BCUT2D eigenvalue weighted by molar-refractivity contribution is -0.142. The fraction of sp³-hybridized carbons (Fsp3) is 0.333. The first-order valence-electron chi connectivity index (χ1n) is 7.31. The van der Waals surface area contributed by atoms with Crippen LogP contribution in [0.1, 0.15) is 18.4 Å². The second-order valence-electron chi connectivity index (χ2n) is 4.97. The molecule has 0 spiro atoms. The zero-order chi connectivity index (χ0) is 17.1. The van der Waals surface area contributed by atoms with Gasteiger partial charge in [0.25, 0.3) is 0 Å². The number of ether oxygens (including phenoxy) is 2. The highest BCUT2D eigenvalue weighted by atomic mass is 35.5. The van der Waals surface area contributed by atoms with Crippen molar-refractivity contribution in [3.05, 3.63) is 59.4 Å². The molecule has 4 nitrogen and oxygen atoms in total. The lowest BCUT2D eigenvalue weighted by Crippen LogP contribution is -2.00. The standard InChI is InChI=1S/C8H10O.C5H4ClN.C5H8O2/c1-7-3-5-8(9-2)6-4-7;6-5-3-1-2-4-7-5;1-7-5(6)4-2-3-4/h3-6H,1-2H3;1-4H;4H,2-3H2,1H3. The zero-order valence-corrected chi connectivity index (χ0v) is 14.4. The summed E-state index contributed by atoms with van der Waals surface area (Å²) in [4.78, 5) is 14.1. The van der Waals surface area contributed by atoms with E-state index in [1.54, 1.807) is 19.4 Å². The predicted molar refractivity (Wildman–Crippen MR) is 91.7 cm³/mol. The quantitative estimate of drug-likeness (QED) is 0.606. The Labute approximate surface area is 142 Å². The Bertz CT molecular complexity index is 569. The number of carbonyl (C=O) groups excluding carboxylic acids is 1. The Morgan fingerprint density at radius 2 is 1.78 bits per heavy atom. The van der Waals surface area contributed by atoms with Gasteiger partial charge in [-0.05, 0) is 44.0 Å². The number of esters is 1. The molecule has 2 aromatic rings. The first-order valence-corrected chi connectivity index (χ1v) is 7.69. The molecule has 0 saturated heterocycles. The van der Waals surface area contributed by atoms with Gasteiger partial charge in [-0.1, -0.05) is 35.4 Å². The number of nitrogens with zero attached hydrogens (tertiary/aromatic N) is 1. The number of benzene rings is 1. The van der Waals surface area contributed by atoms with Crippen molar-refractivity contribution in [2.24, 2.45) is 5.92 Å². The van der Waals surface area contributed by atoms with Gasteiger partial charge in [0.05, 0.1) is 20.1 Å². The summed E-state index contributed by atoms with van der Waals surface area (Å²) in [5.74, 6) is 1.13. The zero-order valence-electron chi connectivity index (χ0n) is 13.7. The lowest BCUT2D eigenvalue weighted by atomic mass is 10.2. The fourth-order valence-electron chi connectivity index (χ4n) is 1.50. The molecule has 5 heteroatoms. The van der Waals surface area contributed by atoms with E-state index in [9.17, 15) is 4.79 Å². The van der Waals surface area contributed by atoms with E-state index in [0.29, 0.717) is 5.15 Å². The van der Waals surface area contributed by atoms with E-state index in [2.05, 4.69) is 16.6 Å². The molecule has 0 atom stereocenters. The van der Waals surface area contributed by atoms with Crippen molar-refractivity contribution >= 4 is 17.6 Å². The minimum atomic E-state index is -0.0417. The molecule has 0 amide bonds. The SMILES string of the molecule is COC(=O)C1CC1.COc1ccc(C)cc1.Clc1ccccn1. The molecular formula is C18H22ClNO3. The molecular weight excluding hydrogens is 314 g/mol. The number of hydrogen-bond donors (Lipinski definition) is 0. The molecule has 0 bridgehead atoms. The third-order valence-corrected chi connectivity index (χ3v) is 3.22. The van der Waals surface area contributed by atoms with Crippen LogP contribution >= 0.6 is 11.6 Å². The Kier molecular flexibility index (Phi) is 8.76. The number of hydrogen-bond acceptors (Lipinski definition) is 4. The Morgan fingerprint density at radius 3 is 2.09 bits per heavy atom. The number of pyridine rings is 1. The van der Waals surface area contributed by atoms with Crippen molar-refractivity contribution in [3.63, 3.8) is 0 Å². The topological polar surface area (TPSA) is 48.4 Å². The summed E-state index contributed by atoms with van der Waals surface area (Å²) in [5.41, 5.74) is 1.26. The maximum Gasteiger partial charge on any atom is 0.308 e. The maximum absolute atomic E-state index is 10.4. The predicted octanol–water partition coefficient (Wildman–Crippen LogP) is 4.31. The van der Waals surface area contributed by atoms with E-state index in [-0.39, 0.29) is 11.9 Å². The number of methoxy groups -OCH3 is 2. The van der Waals surface area contributed by atoms with Crippen LogP contribution < -0.4 is 4.74 Å². The molecule has 3 rings (SSSR count). The highest BCUT2D eigenvalue weighted by molar-refractivity contribution is 6.29. The van der Waals surface area contributed by atoms with Crippen molar-refractivity contribution in [2.45, 2.75) is 19.8 Å². The van der Waals surface area contributed by atoms with Gasteiger partial charge in [-0.15, -0.1) is 0 Å². The van der Waals surface area contributed by atoms with Gasteiger partial charge in [0.1, 0.15) is 10.9 Å². The molecule has 1 aromatic heterocycles. The van der Waals surface area contributed by atoms with Gasteiger partial charge >= 0.3 is 5.97 Å².